The number of benzene rings is 1. The molecule has 3 aliphatic heterocycles. The molecule has 13 nitrogen and oxygen atoms in total. The molecule has 0 radical (unpaired) electrons. The van der Waals surface area contributed by atoms with Crippen molar-refractivity contribution < 1.29 is 14.3 Å². The summed E-state index contributed by atoms with van der Waals surface area (Å²) in [5, 5.41) is 18.9. The number of pyridine rings is 1. The van der Waals surface area contributed by atoms with Crippen LogP contribution in [0, 0.1) is 36.0 Å². The predicted octanol–water partition coefficient (Wildman–Crippen LogP) is 9.46. The Balaban J connectivity index is 0.907. The van der Waals surface area contributed by atoms with Gasteiger partial charge in [0, 0.05) is 66.6 Å². The maximum absolute atomic E-state index is 14.9. The zero-order chi connectivity index (χ0) is 44.7. The third-order valence-electron chi connectivity index (χ3n) is 16.1. The van der Waals surface area contributed by atoms with Gasteiger partial charge < -0.3 is 24.8 Å². The van der Waals surface area contributed by atoms with Crippen LogP contribution in [0.2, 0.25) is 0 Å². The van der Waals surface area contributed by atoms with Crippen molar-refractivity contribution in [2.75, 3.05) is 56.1 Å². The molecule has 65 heavy (non-hydrogen) atoms. The molecule has 4 aliphatic carbocycles. The van der Waals surface area contributed by atoms with Gasteiger partial charge in [-0.25, -0.2) is 9.97 Å². The van der Waals surface area contributed by atoms with E-state index in [-0.39, 0.29) is 39.5 Å². The molecular weight excluding hydrogens is 833 g/mol. The summed E-state index contributed by atoms with van der Waals surface area (Å²) in [6.07, 6.45) is 14.9. The van der Waals surface area contributed by atoms with Crippen molar-refractivity contribution >= 4 is 55.8 Å². The zero-order valence-electron chi connectivity index (χ0n) is 38.9. The highest BCUT2D eigenvalue weighted by Gasteiger charge is 2.66. The third-order valence-corrected chi connectivity index (χ3v) is 17.0. The second kappa shape index (κ2) is 16.2. The van der Waals surface area contributed by atoms with E-state index in [4.69, 9.17) is 30.0 Å². The number of fused-ring (bicyclic) bond motifs is 2. The number of carbonyl (C=O) groups excluding carboxylic acids is 2. The van der Waals surface area contributed by atoms with E-state index in [1.165, 1.54) is 45.2 Å². The lowest BCUT2D eigenvalue weighted by atomic mass is 9.39. The van der Waals surface area contributed by atoms with Crippen LogP contribution < -0.4 is 10.2 Å². The lowest BCUT2D eigenvalue weighted by Crippen LogP contribution is -2.64. The number of nitrogens with zero attached hydrogens (tertiary/aromatic N) is 9. The second-order valence-electron chi connectivity index (χ2n) is 21.7. The summed E-state index contributed by atoms with van der Waals surface area (Å²) in [4.78, 5) is 44.1. The lowest BCUT2D eigenvalue weighted by Gasteiger charge is -2.69. The smallest absolute Gasteiger partial charge is 0.273 e. The molecule has 2 unspecified atom stereocenters. The topological polar surface area (TPSA) is 134 Å². The van der Waals surface area contributed by atoms with E-state index in [9.17, 15) is 9.59 Å². The molecule has 6 fully saturated rings. The Labute approximate surface area is 386 Å². The van der Waals surface area contributed by atoms with Crippen LogP contribution in [-0.2, 0) is 22.5 Å². The Morgan fingerprint density at radius 3 is 2.46 bits per heavy atom. The van der Waals surface area contributed by atoms with Crippen molar-refractivity contribution in [2.24, 2.45) is 22.2 Å². The number of anilines is 4. The number of hydrogen-bond donors (Lipinski definition) is 1. The number of amides is 1. The van der Waals surface area contributed by atoms with Gasteiger partial charge in [0.05, 0.1) is 28.6 Å². The van der Waals surface area contributed by atoms with Crippen molar-refractivity contribution in [3.63, 3.8) is 0 Å². The Bertz CT molecular complexity index is 2620. The summed E-state index contributed by atoms with van der Waals surface area (Å²) in [5.41, 5.74) is 6.71. The van der Waals surface area contributed by atoms with Crippen LogP contribution in [0.5, 0.6) is 0 Å². The van der Waals surface area contributed by atoms with Crippen LogP contribution in [0.25, 0.3) is 21.3 Å². The molecule has 1 amide bonds. The van der Waals surface area contributed by atoms with E-state index < -0.39 is 0 Å². The quantitative estimate of drug-likeness (QED) is 0.128. The average Bonchev–Trinajstić information content (AvgIpc) is 4.03. The molecule has 0 spiro atoms. The molecule has 12 rings (SSSR count). The van der Waals surface area contributed by atoms with Gasteiger partial charge in [-0.05, 0) is 151 Å². The first-order valence-electron chi connectivity index (χ1n) is 24.2. The lowest BCUT2D eigenvalue weighted by molar-refractivity contribution is -0.248. The largest absolute Gasteiger partial charge is 0.374 e. The van der Waals surface area contributed by atoms with Crippen LogP contribution >= 0.6 is 11.3 Å². The highest BCUT2D eigenvalue weighted by Crippen LogP contribution is 2.72. The van der Waals surface area contributed by atoms with Crippen LogP contribution in [0.1, 0.15) is 119 Å². The van der Waals surface area contributed by atoms with Crippen LogP contribution in [0.3, 0.4) is 0 Å². The van der Waals surface area contributed by atoms with Gasteiger partial charge in [-0.3, -0.25) is 14.3 Å². The SMILES string of the molecule is CC(=O)[C@@H]1CCCN(C(=O)c2nc(N3CCCc4c3nnc(Nc3nc5ccccc5s3)c4C)ccc2-c2cnn(CC34CC5(C)CC(C)(C3)CC(OCCN3CCCC3)(C5)C4)c2C)C1. The predicted molar refractivity (Wildman–Crippen MR) is 255 cm³/mol. The molecule has 342 valence electrons. The first kappa shape index (κ1) is 42.8. The number of aromatic nitrogens is 6. The van der Waals surface area contributed by atoms with Gasteiger partial charge in [-0.15, -0.1) is 10.2 Å². The Morgan fingerprint density at radius 1 is 0.877 bits per heavy atom. The van der Waals surface area contributed by atoms with Gasteiger partial charge in [0.25, 0.3) is 5.91 Å². The van der Waals surface area contributed by atoms with Gasteiger partial charge in [0.1, 0.15) is 17.3 Å². The fourth-order valence-electron chi connectivity index (χ4n) is 14.3. The standard InChI is InChI=1S/C51H64N10O3S/c1-33-37-13-11-21-60(45(37)57-56-44(33)55-47-53-40-14-6-7-15-41(40)65-47)42-17-16-38(43(54-42)46(63)59-20-10-12-36(25-59)35(3)62)39-24-52-61(34(39)2)32-50-27-48(4)26-49(5,28-50)30-51(29-48,31-50)64-23-22-58-18-8-9-19-58/h6-7,14-17,24,36H,8-13,18-23,25-32H2,1-5H3,(H,53,55,56)/t36-,48?,49?,50?,51?/m1/s1. The van der Waals surface area contributed by atoms with E-state index in [0.29, 0.717) is 37.0 Å². The van der Waals surface area contributed by atoms with Crippen LogP contribution in [0.4, 0.5) is 22.6 Å². The Hall–Kier alpha value is -4.79. The zero-order valence-corrected chi connectivity index (χ0v) is 39.7. The maximum Gasteiger partial charge on any atom is 0.273 e. The fourth-order valence-corrected chi connectivity index (χ4v) is 15.2. The number of ether oxygens (including phenoxy) is 1. The summed E-state index contributed by atoms with van der Waals surface area (Å²) in [6, 6.07) is 12.2. The average molecular weight is 897 g/mol. The Morgan fingerprint density at radius 2 is 1.68 bits per heavy atom. The molecule has 3 atom stereocenters. The molecule has 4 bridgehead atoms. The molecule has 1 aromatic carbocycles. The highest BCUT2D eigenvalue weighted by molar-refractivity contribution is 7.22. The minimum Gasteiger partial charge on any atom is -0.374 e. The number of Topliss-reactive ketones (excluding diaryl/α,β-unsaturated/α-hetero) is 1. The summed E-state index contributed by atoms with van der Waals surface area (Å²) in [7, 11) is 0. The van der Waals surface area contributed by atoms with Gasteiger partial charge in [0.2, 0.25) is 0 Å². The van der Waals surface area contributed by atoms with Crippen molar-refractivity contribution in [1.82, 2.24) is 39.7 Å². The first-order chi connectivity index (χ1) is 31.3. The number of thiazole rings is 1. The van der Waals surface area contributed by atoms with E-state index in [2.05, 4.69) is 59.6 Å². The molecule has 4 saturated carbocycles. The van der Waals surface area contributed by atoms with Gasteiger partial charge in [0.15, 0.2) is 16.8 Å². The summed E-state index contributed by atoms with van der Waals surface area (Å²) in [6.45, 7) is 17.7. The fraction of sp³-hybridized carbons (Fsp3) is 0.588. The summed E-state index contributed by atoms with van der Waals surface area (Å²) >= 11 is 1.60. The van der Waals surface area contributed by atoms with Gasteiger partial charge in [-0.2, -0.15) is 5.10 Å². The molecule has 2 saturated heterocycles. The summed E-state index contributed by atoms with van der Waals surface area (Å²) < 4.78 is 10.4. The maximum atomic E-state index is 14.9. The Kier molecular flexibility index (Phi) is 10.7. The van der Waals surface area contributed by atoms with Gasteiger partial charge in [-0.1, -0.05) is 37.3 Å². The van der Waals surface area contributed by atoms with E-state index in [0.717, 1.165) is 114 Å². The normalized spacial score (nSPS) is 28.6. The number of ketones is 1. The van der Waals surface area contributed by atoms with Crippen molar-refractivity contribution in [3.8, 4) is 11.1 Å². The molecule has 7 heterocycles. The number of para-hydroxylation sites is 1. The minimum absolute atomic E-state index is 0.0841. The van der Waals surface area contributed by atoms with Crippen LogP contribution in [0.15, 0.2) is 42.6 Å². The van der Waals surface area contributed by atoms with E-state index in [1.807, 2.05) is 35.4 Å². The van der Waals surface area contributed by atoms with Crippen LogP contribution in [-0.4, -0.2) is 103 Å². The number of piperidine rings is 1. The monoisotopic (exact) mass is 896 g/mol. The molecular formula is C51H64N10O3S. The number of carbonyl (C=O) groups is 2. The molecule has 1 N–H and O–H groups in total. The number of likely N-dealkylation sites (tertiary alicyclic amines) is 2. The molecule has 4 aromatic heterocycles. The number of nitrogens with one attached hydrogen (secondary N) is 1. The summed E-state index contributed by atoms with van der Waals surface area (Å²) in [5.74, 6) is 1.93. The number of hydrogen-bond acceptors (Lipinski definition) is 12. The molecule has 14 heteroatoms. The molecule has 5 aromatic rings. The second-order valence-corrected chi connectivity index (χ2v) is 22.7. The van der Waals surface area contributed by atoms with E-state index >= 15 is 0 Å². The van der Waals surface area contributed by atoms with Gasteiger partial charge >= 0.3 is 0 Å². The first-order valence-corrected chi connectivity index (χ1v) is 25.1. The van der Waals surface area contributed by atoms with E-state index in [1.54, 1.807) is 18.3 Å². The molecule has 7 aliphatic rings. The van der Waals surface area contributed by atoms with Crippen molar-refractivity contribution in [1.29, 1.82) is 0 Å². The minimum atomic E-state index is -0.168. The highest BCUT2D eigenvalue weighted by atomic mass is 32.1. The number of rotatable bonds is 12. The van der Waals surface area contributed by atoms with Crippen molar-refractivity contribution in [3.05, 3.63) is 65.1 Å². The third kappa shape index (κ3) is 7.94. The van der Waals surface area contributed by atoms with Crippen molar-refractivity contribution in [2.45, 2.75) is 124 Å².